The Kier molecular flexibility index (Phi) is 6.23. The molecule has 3 aromatic heterocycles. The molecule has 3 fully saturated rings. The Balaban J connectivity index is 0.972. The number of imidazole rings is 2. The molecule has 3 aliphatic rings. The summed E-state index contributed by atoms with van der Waals surface area (Å²) in [7, 11) is 0. The number of fused-ring (bicyclic) bond motifs is 3. The topological polar surface area (TPSA) is 150 Å². The summed E-state index contributed by atoms with van der Waals surface area (Å²) in [5.74, 6) is 1.56. The van der Waals surface area contributed by atoms with Crippen LogP contribution in [0, 0.1) is 5.92 Å². The number of aryl methyl sites for hydroxylation is 1. The lowest BCUT2D eigenvalue weighted by Crippen LogP contribution is -2.59. The first kappa shape index (κ1) is 26.6. The van der Waals surface area contributed by atoms with Crippen LogP contribution >= 0.6 is 0 Å². The Morgan fingerprint density at radius 3 is 2.71 bits per heavy atom. The second-order valence-electron chi connectivity index (χ2n) is 12.9. The van der Waals surface area contributed by atoms with Crippen molar-refractivity contribution in [3.8, 4) is 0 Å². The van der Waals surface area contributed by atoms with Crippen molar-refractivity contribution in [3.63, 3.8) is 0 Å². The monoisotopic (exact) mass is 562 g/mol. The largest absolute Gasteiger partial charge is 0.427 e. The molecule has 1 aromatic carbocycles. The Bertz CT molecular complexity index is 1590. The first-order valence-corrected chi connectivity index (χ1v) is 14.5. The van der Waals surface area contributed by atoms with Gasteiger partial charge in [0.25, 0.3) is 0 Å². The summed E-state index contributed by atoms with van der Waals surface area (Å²) in [6.07, 6.45) is 4.43. The number of hydrogen-bond acceptors (Lipinski definition) is 10. The van der Waals surface area contributed by atoms with Gasteiger partial charge >= 0.3 is 0 Å². The molecule has 4 N–H and O–H groups in total. The molecule has 2 saturated heterocycles. The van der Waals surface area contributed by atoms with E-state index < -0.39 is 18.4 Å². The maximum absolute atomic E-state index is 11.1. The Morgan fingerprint density at radius 2 is 1.93 bits per heavy atom. The summed E-state index contributed by atoms with van der Waals surface area (Å²) in [6, 6.07) is 6.50. The van der Waals surface area contributed by atoms with Crippen molar-refractivity contribution in [1.29, 1.82) is 0 Å². The molecule has 218 valence electrons. The van der Waals surface area contributed by atoms with Crippen molar-refractivity contribution >= 4 is 28.0 Å². The Morgan fingerprint density at radius 1 is 1.12 bits per heavy atom. The first-order chi connectivity index (χ1) is 19.6. The van der Waals surface area contributed by atoms with Gasteiger partial charge < -0.3 is 25.5 Å². The van der Waals surface area contributed by atoms with Crippen molar-refractivity contribution in [3.05, 3.63) is 42.2 Å². The highest BCUT2D eigenvalue weighted by Crippen LogP contribution is 2.42. The van der Waals surface area contributed by atoms with Crippen LogP contribution in [0.1, 0.15) is 64.6 Å². The van der Waals surface area contributed by atoms with Gasteiger partial charge in [0.15, 0.2) is 17.7 Å². The smallest absolute Gasteiger partial charge is 0.167 e. The summed E-state index contributed by atoms with van der Waals surface area (Å²) in [4.78, 5) is 19.7. The van der Waals surface area contributed by atoms with Gasteiger partial charge in [0.1, 0.15) is 47.7 Å². The second kappa shape index (κ2) is 9.62. The minimum atomic E-state index is -0.857. The van der Waals surface area contributed by atoms with E-state index in [0.29, 0.717) is 41.3 Å². The minimum absolute atomic E-state index is 0.0315. The average Bonchev–Trinajstić information content (AvgIpc) is 3.57. The maximum Gasteiger partial charge on any atom is 0.167 e. The van der Waals surface area contributed by atoms with Gasteiger partial charge in [-0.3, -0.25) is 9.47 Å². The van der Waals surface area contributed by atoms with E-state index in [1.54, 1.807) is 10.9 Å². The van der Waals surface area contributed by atoms with Crippen LogP contribution < -0.4 is 5.73 Å². The van der Waals surface area contributed by atoms with Crippen LogP contribution in [-0.2, 0) is 21.3 Å². The zero-order valence-electron chi connectivity index (χ0n) is 23.9. The molecule has 0 radical (unpaired) electrons. The molecule has 1 unspecified atom stereocenters. The lowest BCUT2D eigenvalue weighted by molar-refractivity contribution is -0.199. The summed E-state index contributed by atoms with van der Waals surface area (Å²) in [5.41, 5.74) is 9.79. The van der Waals surface area contributed by atoms with Crippen LogP contribution in [0.2, 0.25) is 0 Å². The molecule has 0 amide bonds. The van der Waals surface area contributed by atoms with Crippen molar-refractivity contribution in [2.24, 2.45) is 5.92 Å². The summed E-state index contributed by atoms with van der Waals surface area (Å²) >= 11 is 0. The van der Waals surface area contributed by atoms with E-state index >= 15 is 0 Å². The summed E-state index contributed by atoms with van der Waals surface area (Å²) in [6.45, 7) is 9.27. The van der Waals surface area contributed by atoms with Gasteiger partial charge in [-0.15, -0.1) is 0 Å². The number of aromatic nitrogens is 6. The SMILES string of the molecule is CC1O[C@H]2[C@@H](O)[C@H](n3cnc4c(N)ncnc43)O[C@@H]2CN1[C@H]1C[C@@H](CCc2nc3cc(C(C)(C)C)ccc3n2O)C1. The third-order valence-corrected chi connectivity index (χ3v) is 9.20. The molecular formula is C29H38N8O4. The third kappa shape index (κ3) is 4.44. The number of anilines is 1. The number of nitrogens with zero attached hydrogens (tertiary/aromatic N) is 7. The molecule has 41 heavy (non-hydrogen) atoms. The van der Waals surface area contributed by atoms with Crippen LogP contribution in [0.15, 0.2) is 30.9 Å². The minimum Gasteiger partial charge on any atom is -0.427 e. The normalized spacial score (nSPS) is 30.6. The van der Waals surface area contributed by atoms with Gasteiger partial charge in [0.2, 0.25) is 0 Å². The lowest BCUT2D eigenvalue weighted by Gasteiger charge is -2.49. The predicted molar refractivity (Wildman–Crippen MR) is 151 cm³/mol. The third-order valence-electron chi connectivity index (χ3n) is 9.20. The van der Waals surface area contributed by atoms with Crippen molar-refractivity contribution in [2.75, 3.05) is 12.3 Å². The number of benzene rings is 1. The van der Waals surface area contributed by atoms with Crippen LogP contribution in [0.4, 0.5) is 5.82 Å². The summed E-state index contributed by atoms with van der Waals surface area (Å²) in [5, 5.41) is 21.9. The van der Waals surface area contributed by atoms with Crippen LogP contribution in [0.5, 0.6) is 0 Å². The second-order valence-corrected chi connectivity index (χ2v) is 12.9. The van der Waals surface area contributed by atoms with Crippen LogP contribution in [0.25, 0.3) is 22.2 Å². The lowest BCUT2D eigenvalue weighted by atomic mass is 9.76. The number of nitrogens with two attached hydrogens (primary N) is 1. The fraction of sp³-hybridized carbons (Fsp3) is 0.586. The van der Waals surface area contributed by atoms with Gasteiger partial charge in [0.05, 0.1) is 11.8 Å². The highest BCUT2D eigenvalue weighted by molar-refractivity contribution is 5.81. The van der Waals surface area contributed by atoms with Crippen molar-refractivity contribution in [2.45, 2.75) is 95.6 Å². The highest BCUT2D eigenvalue weighted by atomic mass is 16.6. The maximum atomic E-state index is 11.1. The number of rotatable bonds is 5. The highest BCUT2D eigenvalue weighted by Gasteiger charge is 2.52. The molecule has 1 saturated carbocycles. The van der Waals surface area contributed by atoms with Gasteiger partial charge in [-0.05, 0) is 55.2 Å². The molecule has 12 nitrogen and oxygen atoms in total. The first-order valence-electron chi connectivity index (χ1n) is 14.5. The number of nitrogen functional groups attached to an aromatic ring is 1. The van der Waals surface area contributed by atoms with E-state index in [1.807, 2.05) is 13.0 Å². The molecule has 1 aliphatic carbocycles. The molecule has 5 heterocycles. The zero-order chi connectivity index (χ0) is 28.6. The van der Waals surface area contributed by atoms with Crippen LogP contribution in [0.3, 0.4) is 0 Å². The molecule has 0 spiro atoms. The van der Waals surface area contributed by atoms with E-state index in [2.05, 4.69) is 52.8 Å². The Labute approximate surface area is 238 Å². The van der Waals surface area contributed by atoms with Gasteiger partial charge in [0, 0.05) is 19.0 Å². The predicted octanol–water partition coefficient (Wildman–Crippen LogP) is 3.01. The van der Waals surface area contributed by atoms with E-state index in [-0.39, 0.29) is 17.7 Å². The molecule has 0 bridgehead atoms. The number of aliphatic hydroxyl groups is 1. The fourth-order valence-corrected chi connectivity index (χ4v) is 6.71. The molecule has 2 aliphatic heterocycles. The number of ether oxygens (including phenoxy) is 2. The molecule has 5 atom stereocenters. The van der Waals surface area contributed by atoms with Gasteiger partial charge in [-0.2, -0.15) is 4.73 Å². The standard InChI is InChI=1S/C29H38N8O4/c1-15-35(12-21-25(40-15)24(38)28(41-21)36-14-33-23-26(30)31-13-32-27(23)36)18-9-16(10-18)5-8-22-34-19-11-17(29(2,3)4)6-7-20(19)37(22)39/h6-7,11,13-16,18,21,24-25,28,38-39H,5,8-10,12H2,1-4H3,(H2,30,31,32)/t15?,16-,18+,21-,24-,25-,28-/m1/s1. The number of aliphatic hydroxyl groups excluding tert-OH is 1. The van der Waals surface area contributed by atoms with Crippen molar-refractivity contribution in [1.82, 2.24) is 34.1 Å². The van der Waals surface area contributed by atoms with E-state index in [9.17, 15) is 10.3 Å². The molecule has 12 heteroatoms. The zero-order valence-corrected chi connectivity index (χ0v) is 23.9. The van der Waals surface area contributed by atoms with E-state index in [1.165, 1.54) is 16.6 Å². The van der Waals surface area contributed by atoms with Crippen molar-refractivity contribution < 1.29 is 19.8 Å². The molecule has 4 aromatic rings. The van der Waals surface area contributed by atoms with Gasteiger partial charge in [-0.25, -0.2) is 19.9 Å². The molecule has 7 rings (SSSR count). The summed E-state index contributed by atoms with van der Waals surface area (Å²) < 4.78 is 15.6. The van der Waals surface area contributed by atoms with E-state index in [4.69, 9.17) is 20.2 Å². The molecular weight excluding hydrogens is 524 g/mol. The quantitative estimate of drug-likeness (QED) is 0.310. The van der Waals surface area contributed by atoms with E-state index in [0.717, 1.165) is 36.7 Å². The van der Waals surface area contributed by atoms with Gasteiger partial charge in [-0.1, -0.05) is 26.8 Å². The van der Waals surface area contributed by atoms with Crippen LogP contribution in [-0.4, -0.2) is 81.6 Å². The fourth-order valence-electron chi connectivity index (χ4n) is 6.71. The number of hydrogen-bond donors (Lipinski definition) is 3. The average molecular weight is 563 g/mol. The Hall–Kier alpha value is -3.32.